The molecule has 1 aromatic rings. The third kappa shape index (κ3) is 4.11. The van der Waals surface area contributed by atoms with E-state index < -0.39 is 0 Å². The highest BCUT2D eigenvalue weighted by atomic mass is 16.5. The fourth-order valence-corrected chi connectivity index (χ4v) is 2.50. The monoisotopic (exact) mass is 265 g/mol. The molecule has 4 nitrogen and oxygen atoms in total. The van der Waals surface area contributed by atoms with E-state index in [9.17, 15) is 10.2 Å². The van der Waals surface area contributed by atoms with Gasteiger partial charge in [-0.25, -0.2) is 0 Å². The second-order valence-electron chi connectivity index (χ2n) is 5.19. The highest BCUT2D eigenvalue weighted by molar-refractivity contribution is 5.40. The topological polar surface area (TPSA) is 52.9 Å². The van der Waals surface area contributed by atoms with Crippen molar-refractivity contribution in [3.05, 3.63) is 23.8 Å². The van der Waals surface area contributed by atoms with Crippen LogP contribution in [-0.2, 0) is 11.3 Å². The zero-order chi connectivity index (χ0) is 13.7. The average molecular weight is 265 g/mol. The molecule has 1 aromatic carbocycles. The van der Waals surface area contributed by atoms with Gasteiger partial charge in [-0.05, 0) is 43.5 Å². The number of rotatable bonds is 5. The van der Waals surface area contributed by atoms with Crippen LogP contribution in [0.15, 0.2) is 18.2 Å². The summed E-state index contributed by atoms with van der Waals surface area (Å²) in [7, 11) is 0. The van der Waals surface area contributed by atoms with Gasteiger partial charge in [0, 0.05) is 19.7 Å². The molecule has 1 saturated heterocycles. The number of phenols is 2. The van der Waals surface area contributed by atoms with Gasteiger partial charge in [-0.1, -0.05) is 13.0 Å². The standard InChI is InChI=1S/C15H23NO3/c1-2-8-19-13-4-3-7-16(11-13)10-12-5-6-14(17)15(18)9-12/h5-6,9,13,17-18H,2-4,7-8,10-11H2,1H3. The minimum atomic E-state index is -0.0634. The van der Waals surface area contributed by atoms with Crippen LogP contribution in [0.3, 0.4) is 0 Å². The number of phenolic OH excluding ortho intramolecular Hbond substituents is 2. The Balaban J connectivity index is 1.89. The summed E-state index contributed by atoms with van der Waals surface area (Å²) in [6.45, 7) is 5.76. The van der Waals surface area contributed by atoms with Crippen LogP contribution in [0, 0.1) is 0 Å². The number of aromatic hydroxyl groups is 2. The zero-order valence-corrected chi connectivity index (χ0v) is 11.5. The third-order valence-electron chi connectivity index (χ3n) is 3.47. The lowest BCUT2D eigenvalue weighted by Crippen LogP contribution is -2.39. The lowest BCUT2D eigenvalue weighted by molar-refractivity contribution is -0.00224. The average Bonchev–Trinajstić information content (AvgIpc) is 2.41. The first-order chi connectivity index (χ1) is 9.19. The van der Waals surface area contributed by atoms with Gasteiger partial charge in [-0.2, -0.15) is 0 Å². The summed E-state index contributed by atoms with van der Waals surface area (Å²) in [5, 5.41) is 18.8. The first-order valence-corrected chi connectivity index (χ1v) is 7.04. The van der Waals surface area contributed by atoms with Crippen LogP contribution in [0.25, 0.3) is 0 Å². The number of benzene rings is 1. The van der Waals surface area contributed by atoms with Crippen LogP contribution in [0.5, 0.6) is 11.5 Å². The summed E-state index contributed by atoms with van der Waals surface area (Å²) in [6.07, 6.45) is 3.68. The molecule has 1 fully saturated rings. The summed E-state index contributed by atoms with van der Waals surface area (Å²) in [6, 6.07) is 5.02. The summed E-state index contributed by atoms with van der Waals surface area (Å²) in [5.74, 6) is -0.111. The lowest BCUT2D eigenvalue weighted by Gasteiger charge is -2.32. The lowest BCUT2D eigenvalue weighted by atomic mass is 10.1. The van der Waals surface area contributed by atoms with Gasteiger partial charge < -0.3 is 14.9 Å². The van der Waals surface area contributed by atoms with Gasteiger partial charge in [-0.3, -0.25) is 4.90 Å². The Morgan fingerprint density at radius 3 is 2.89 bits per heavy atom. The van der Waals surface area contributed by atoms with E-state index in [-0.39, 0.29) is 11.5 Å². The number of hydrogen-bond acceptors (Lipinski definition) is 4. The maximum absolute atomic E-state index is 9.50. The second kappa shape index (κ2) is 6.78. The van der Waals surface area contributed by atoms with Crippen molar-refractivity contribution >= 4 is 0 Å². The van der Waals surface area contributed by atoms with E-state index in [4.69, 9.17) is 4.74 Å². The van der Waals surface area contributed by atoms with Crippen molar-refractivity contribution in [2.45, 2.75) is 38.8 Å². The molecule has 1 unspecified atom stereocenters. The van der Waals surface area contributed by atoms with Crippen LogP contribution >= 0.6 is 0 Å². The van der Waals surface area contributed by atoms with Gasteiger partial charge in [0.15, 0.2) is 11.5 Å². The molecule has 1 aliphatic rings. The summed E-state index contributed by atoms with van der Waals surface area (Å²) in [5.41, 5.74) is 1.02. The van der Waals surface area contributed by atoms with E-state index in [0.717, 1.165) is 51.1 Å². The normalized spacial score (nSPS) is 20.6. The SMILES string of the molecule is CCCOC1CCCN(Cc2ccc(O)c(O)c2)C1. The minimum absolute atomic E-state index is 0.0479. The Labute approximate surface area is 114 Å². The van der Waals surface area contributed by atoms with Crippen molar-refractivity contribution in [3.8, 4) is 11.5 Å². The fraction of sp³-hybridized carbons (Fsp3) is 0.600. The highest BCUT2D eigenvalue weighted by Gasteiger charge is 2.20. The van der Waals surface area contributed by atoms with E-state index in [1.165, 1.54) is 0 Å². The van der Waals surface area contributed by atoms with Crippen molar-refractivity contribution in [3.63, 3.8) is 0 Å². The Morgan fingerprint density at radius 2 is 2.16 bits per heavy atom. The molecule has 0 saturated carbocycles. The molecule has 0 spiro atoms. The quantitative estimate of drug-likeness (QED) is 0.803. The molecule has 2 N–H and O–H groups in total. The van der Waals surface area contributed by atoms with Gasteiger partial charge in [0.05, 0.1) is 6.10 Å². The minimum Gasteiger partial charge on any atom is -0.504 e. The van der Waals surface area contributed by atoms with Gasteiger partial charge >= 0.3 is 0 Å². The second-order valence-corrected chi connectivity index (χ2v) is 5.19. The molecular weight excluding hydrogens is 242 g/mol. The molecule has 0 radical (unpaired) electrons. The molecule has 1 atom stereocenters. The molecular formula is C15H23NO3. The van der Waals surface area contributed by atoms with E-state index in [0.29, 0.717) is 6.10 Å². The molecule has 0 amide bonds. The molecule has 2 rings (SSSR count). The third-order valence-corrected chi connectivity index (χ3v) is 3.47. The van der Waals surface area contributed by atoms with Crippen molar-refractivity contribution in [2.24, 2.45) is 0 Å². The maximum Gasteiger partial charge on any atom is 0.157 e. The fourth-order valence-electron chi connectivity index (χ4n) is 2.50. The van der Waals surface area contributed by atoms with E-state index in [2.05, 4.69) is 11.8 Å². The smallest absolute Gasteiger partial charge is 0.157 e. The molecule has 4 heteroatoms. The molecule has 106 valence electrons. The zero-order valence-electron chi connectivity index (χ0n) is 11.5. The van der Waals surface area contributed by atoms with E-state index >= 15 is 0 Å². The van der Waals surface area contributed by atoms with Crippen molar-refractivity contribution < 1.29 is 14.9 Å². The Kier molecular flexibility index (Phi) is 5.05. The number of likely N-dealkylation sites (tertiary alicyclic amines) is 1. The predicted octanol–water partition coefficient (Wildman–Crippen LogP) is 2.49. The number of nitrogens with zero attached hydrogens (tertiary/aromatic N) is 1. The molecule has 1 heterocycles. The van der Waals surface area contributed by atoms with Crippen LogP contribution in [-0.4, -0.2) is 40.9 Å². The maximum atomic E-state index is 9.50. The Hall–Kier alpha value is -1.26. The van der Waals surface area contributed by atoms with Crippen LogP contribution in [0.4, 0.5) is 0 Å². The van der Waals surface area contributed by atoms with Crippen molar-refractivity contribution in [2.75, 3.05) is 19.7 Å². The van der Waals surface area contributed by atoms with E-state index in [1.54, 1.807) is 12.1 Å². The first-order valence-electron chi connectivity index (χ1n) is 7.04. The molecule has 0 aliphatic carbocycles. The van der Waals surface area contributed by atoms with E-state index in [1.807, 2.05) is 6.07 Å². The molecule has 0 bridgehead atoms. The highest BCUT2D eigenvalue weighted by Crippen LogP contribution is 2.26. The van der Waals surface area contributed by atoms with Gasteiger partial charge in [0.2, 0.25) is 0 Å². The Bertz CT molecular complexity index is 408. The predicted molar refractivity (Wildman–Crippen MR) is 74.3 cm³/mol. The summed E-state index contributed by atoms with van der Waals surface area (Å²) >= 11 is 0. The van der Waals surface area contributed by atoms with Gasteiger partial charge in [0.25, 0.3) is 0 Å². The van der Waals surface area contributed by atoms with Gasteiger partial charge in [0.1, 0.15) is 0 Å². The summed E-state index contributed by atoms with van der Waals surface area (Å²) in [4.78, 5) is 2.34. The first kappa shape index (κ1) is 14.2. The van der Waals surface area contributed by atoms with Crippen LogP contribution in [0.1, 0.15) is 31.7 Å². The number of ether oxygens (including phenoxy) is 1. The van der Waals surface area contributed by atoms with Gasteiger partial charge in [-0.15, -0.1) is 0 Å². The van der Waals surface area contributed by atoms with Crippen LogP contribution < -0.4 is 0 Å². The molecule has 0 aromatic heterocycles. The number of piperidine rings is 1. The van der Waals surface area contributed by atoms with Crippen molar-refractivity contribution in [1.82, 2.24) is 4.90 Å². The summed E-state index contributed by atoms with van der Waals surface area (Å²) < 4.78 is 5.81. The van der Waals surface area contributed by atoms with Crippen molar-refractivity contribution in [1.29, 1.82) is 0 Å². The molecule has 1 aliphatic heterocycles. The van der Waals surface area contributed by atoms with Crippen LogP contribution in [0.2, 0.25) is 0 Å². The largest absolute Gasteiger partial charge is 0.504 e. The molecule has 19 heavy (non-hydrogen) atoms. The Morgan fingerprint density at radius 1 is 1.32 bits per heavy atom. The number of hydrogen-bond donors (Lipinski definition) is 2.